The number of benzene rings is 2. The average molecular weight is 384 g/mol. The van der Waals surface area contributed by atoms with Crippen LogP contribution < -0.4 is 20.1 Å². The van der Waals surface area contributed by atoms with E-state index in [1.165, 1.54) is 6.07 Å². The quantitative estimate of drug-likeness (QED) is 0.426. The third-order valence-electron chi connectivity index (χ3n) is 4.37. The first-order valence-electron chi connectivity index (χ1n) is 9.18. The topological polar surface area (TPSA) is 70.7 Å². The zero-order valence-electron chi connectivity index (χ0n) is 16.3. The molecule has 0 spiro atoms. The molecule has 3 aromatic rings. The van der Waals surface area contributed by atoms with Crippen LogP contribution in [0, 0.1) is 5.82 Å². The van der Waals surface area contributed by atoms with Gasteiger partial charge >= 0.3 is 0 Å². The number of H-pyrrole nitrogens is 1. The lowest BCUT2D eigenvalue weighted by atomic mass is 10.1. The minimum Gasteiger partial charge on any atom is -0.493 e. The number of rotatable bonds is 7. The van der Waals surface area contributed by atoms with E-state index < -0.39 is 0 Å². The summed E-state index contributed by atoms with van der Waals surface area (Å²) in [6, 6.07) is 10.4. The fourth-order valence-corrected chi connectivity index (χ4v) is 3.01. The molecule has 0 atom stereocenters. The summed E-state index contributed by atoms with van der Waals surface area (Å²) in [5.41, 5.74) is 2.83. The first-order chi connectivity index (χ1) is 13.6. The number of halogens is 1. The van der Waals surface area contributed by atoms with Crippen molar-refractivity contribution in [1.29, 1.82) is 0 Å². The molecule has 0 radical (unpaired) electrons. The summed E-state index contributed by atoms with van der Waals surface area (Å²) in [6.07, 6.45) is 2.65. The maximum atomic E-state index is 13.5. The fraction of sp³-hybridized carbons (Fsp3) is 0.286. The summed E-state index contributed by atoms with van der Waals surface area (Å²) in [5.74, 6) is 1.76. The Bertz CT molecular complexity index is 968. The minimum atomic E-state index is -0.233. The van der Waals surface area contributed by atoms with Gasteiger partial charge in [-0.15, -0.1) is 0 Å². The third-order valence-corrected chi connectivity index (χ3v) is 4.37. The number of nitrogens with one attached hydrogen (secondary N) is 3. The zero-order valence-corrected chi connectivity index (χ0v) is 16.3. The Balaban J connectivity index is 1.62. The van der Waals surface area contributed by atoms with Crippen molar-refractivity contribution in [3.63, 3.8) is 0 Å². The molecule has 1 aromatic heterocycles. The molecule has 3 N–H and O–H groups in total. The second kappa shape index (κ2) is 9.12. The summed E-state index contributed by atoms with van der Waals surface area (Å²) in [5, 5.41) is 7.42. The highest BCUT2D eigenvalue weighted by molar-refractivity contribution is 5.94. The molecule has 28 heavy (non-hydrogen) atoms. The summed E-state index contributed by atoms with van der Waals surface area (Å²) in [6.45, 7) is 3.13. The maximum Gasteiger partial charge on any atom is 0.195 e. The van der Waals surface area contributed by atoms with Crippen LogP contribution in [0.1, 0.15) is 12.5 Å². The smallest absolute Gasteiger partial charge is 0.195 e. The number of fused-ring (bicyclic) bond motifs is 1. The lowest BCUT2D eigenvalue weighted by Gasteiger charge is -2.14. The highest BCUT2D eigenvalue weighted by atomic mass is 19.1. The van der Waals surface area contributed by atoms with Crippen molar-refractivity contribution in [1.82, 2.24) is 10.3 Å². The minimum absolute atomic E-state index is 0.233. The van der Waals surface area contributed by atoms with Crippen LogP contribution in [0.5, 0.6) is 11.5 Å². The van der Waals surface area contributed by atoms with Crippen LogP contribution in [0.25, 0.3) is 10.9 Å². The van der Waals surface area contributed by atoms with Gasteiger partial charge in [-0.05, 0) is 49.2 Å². The summed E-state index contributed by atoms with van der Waals surface area (Å²) in [7, 11) is 3.32. The number of methoxy groups -OCH3 is 1. The third kappa shape index (κ3) is 4.54. The molecule has 0 aliphatic heterocycles. The predicted molar refractivity (Wildman–Crippen MR) is 111 cm³/mol. The molecule has 0 unspecified atom stereocenters. The second-order valence-corrected chi connectivity index (χ2v) is 6.18. The van der Waals surface area contributed by atoms with Crippen LogP contribution >= 0.6 is 0 Å². The molecule has 0 amide bonds. The van der Waals surface area contributed by atoms with Crippen molar-refractivity contribution in [2.24, 2.45) is 4.99 Å². The summed E-state index contributed by atoms with van der Waals surface area (Å²) < 4.78 is 24.4. The number of hydrogen-bond acceptors (Lipinski definition) is 3. The van der Waals surface area contributed by atoms with Gasteiger partial charge in [-0.2, -0.15) is 0 Å². The predicted octanol–water partition coefficient (Wildman–Crippen LogP) is 3.94. The van der Waals surface area contributed by atoms with Gasteiger partial charge in [0.1, 0.15) is 5.82 Å². The fourth-order valence-electron chi connectivity index (χ4n) is 3.01. The molecule has 2 aromatic carbocycles. The molecule has 0 saturated carbocycles. The lowest BCUT2D eigenvalue weighted by molar-refractivity contribution is 0.311. The first-order valence-corrected chi connectivity index (χ1v) is 9.18. The molecule has 0 fully saturated rings. The van der Waals surface area contributed by atoms with E-state index in [4.69, 9.17) is 9.47 Å². The van der Waals surface area contributed by atoms with E-state index in [9.17, 15) is 4.39 Å². The Hall–Kier alpha value is -3.22. The Morgan fingerprint density at radius 2 is 2.04 bits per heavy atom. The first kappa shape index (κ1) is 19.5. The Kier molecular flexibility index (Phi) is 6.37. The van der Waals surface area contributed by atoms with E-state index in [0.717, 1.165) is 28.6 Å². The van der Waals surface area contributed by atoms with Gasteiger partial charge in [-0.1, -0.05) is 0 Å². The van der Waals surface area contributed by atoms with Gasteiger partial charge in [0.05, 0.1) is 13.7 Å². The van der Waals surface area contributed by atoms with E-state index in [1.807, 2.05) is 31.3 Å². The molecule has 0 bridgehead atoms. The standard InChI is InChI=1S/C21H25FN4O2/c1-4-28-20-12-16(6-8-19(20)27-3)26-21(23-2)24-10-9-14-13-25-18-7-5-15(22)11-17(14)18/h5-8,11-13,25H,4,9-10H2,1-3H3,(H2,23,24,26). The number of anilines is 1. The van der Waals surface area contributed by atoms with Gasteiger partial charge in [0, 0.05) is 42.4 Å². The molecule has 148 valence electrons. The number of hydrogen-bond donors (Lipinski definition) is 3. The molecule has 3 rings (SSSR count). The van der Waals surface area contributed by atoms with Crippen LogP contribution in [0.15, 0.2) is 47.6 Å². The van der Waals surface area contributed by atoms with Crippen LogP contribution in [0.2, 0.25) is 0 Å². The van der Waals surface area contributed by atoms with Gasteiger partial charge in [0.25, 0.3) is 0 Å². The van der Waals surface area contributed by atoms with Crippen molar-refractivity contribution in [3.8, 4) is 11.5 Å². The molecule has 1 heterocycles. The van der Waals surface area contributed by atoms with E-state index in [1.54, 1.807) is 26.3 Å². The average Bonchev–Trinajstić information content (AvgIpc) is 3.10. The normalized spacial score (nSPS) is 11.5. The maximum absolute atomic E-state index is 13.5. The zero-order chi connectivity index (χ0) is 19.9. The van der Waals surface area contributed by atoms with Crippen molar-refractivity contribution in [2.45, 2.75) is 13.3 Å². The van der Waals surface area contributed by atoms with Gasteiger partial charge in [-0.25, -0.2) is 4.39 Å². The Labute approximate surface area is 163 Å². The number of guanidine groups is 1. The largest absolute Gasteiger partial charge is 0.493 e. The van der Waals surface area contributed by atoms with Crippen LogP contribution in [0.3, 0.4) is 0 Å². The van der Waals surface area contributed by atoms with Crippen molar-refractivity contribution < 1.29 is 13.9 Å². The number of aromatic nitrogens is 1. The molecular weight excluding hydrogens is 359 g/mol. The molecule has 0 aliphatic rings. The molecular formula is C21H25FN4O2. The highest BCUT2D eigenvalue weighted by Crippen LogP contribution is 2.30. The van der Waals surface area contributed by atoms with Gasteiger partial charge < -0.3 is 25.1 Å². The van der Waals surface area contributed by atoms with Crippen molar-refractivity contribution >= 4 is 22.5 Å². The van der Waals surface area contributed by atoms with Crippen LogP contribution in [-0.2, 0) is 6.42 Å². The number of ether oxygens (including phenoxy) is 2. The van der Waals surface area contributed by atoms with Crippen LogP contribution in [0.4, 0.5) is 10.1 Å². The molecule has 6 nitrogen and oxygen atoms in total. The number of nitrogens with zero attached hydrogens (tertiary/aromatic N) is 1. The van der Waals surface area contributed by atoms with Gasteiger partial charge in [-0.3, -0.25) is 4.99 Å². The summed E-state index contributed by atoms with van der Waals surface area (Å²) in [4.78, 5) is 7.42. The monoisotopic (exact) mass is 384 g/mol. The second-order valence-electron chi connectivity index (χ2n) is 6.18. The van der Waals surface area contributed by atoms with Crippen molar-refractivity contribution in [3.05, 3.63) is 54.0 Å². The van der Waals surface area contributed by atoms with E-state index in [0.29, 0.717) is 30.6 Å². The Morgan fingerprint density at radius 1 is 1.18 bits per heavy atom. The van der Waals surface area contributed by atoms with E-state index >= 15 is 0 Å². The molecule has 0 aliphatic carbocycles. The van der Waals surface area contributed by atoms with Crippen LogP contribution in [-0.4, -0.2) is 38.3 Å². The van der Waals surface area contributed by atoms with Crippen molar-refractivity contribution in [2.75, 3.05) is 32.6 Å². The Morgan fingerprint density at radius 3 is 2.79 bits per heavy atom. The highest BCUT2D eigenvalue weighted by Gasteiger charge is 2.08. The van der Waals surface area contributed by atoms with E-state index in [-0.39, 0.29) is 5.82 Å². The van der Waals surface area contributed by atoms with E-state index in [2.05, 4.69) is 20.6 Å². The SMILES string of the molecule is CCOc1cc(NC(=NC)NCCc2c[nH]c3ccc(F)cc23)ccc1OC. The lowest BCUT2D eigenvalue weighted by Crippen LogP contribution is -2.32. The number of aromatic amines is 1. The number of aliphatic imine (C=N–C) groups is 1. The van der Waals surface area contributed by atoms with Gasteiger partial charge in [0.2, 0.25) is 0 Å². The summed E-state index contributed by atoms with van der Waals surface area (Å²) >= 11 is 0. The van der Waals surface area contributed by atoms with Gasteiger partial charge in [0.15, 0.2) is 17.5 Å². The molecule has 7 heteroatoms. The molecule has 0 saturated heterocycles.